The molecule has 8 heteroatoms. The molecule has 2 N–H and O–H groups in total. The van der Waals surface area contributed by atoms with Gasteiger partial charge in [-0.25, -0.2) is 9.07 Å². The third-order valence-electron chi connectivity index (χ3n) is 4.52. The predicted octanol–water partition coefficient (Wildman–Crippen LogP) is 2.87. The van der Waals surface area contributed by atoms with E-state index in [4.69, 9.17) is 5.84 Å². The number of hydrogen-bond acceptors (Lipinski definition) is 5. The summed E-state index contributed by atoms with van der Waals surface area (Å²) in [5, 5.41) is 8.35. The minimum absolute atomic E-state index is 0.0115. The highest BCUT2D eigenvalue weighted by Crippen LogP contribution is 2.28. The van der Waals surface area contributed by atoms with Gasteiger partial charge in [0.15, 0.2) is 5.82 Å². The molecule has 6 nitrogen and oxygen atoms in total. The van der Waals surface area contributed by atoms with Gasteiger partial charge in [0, 0.05) is 12.2 Å². The van der Waals surface area contributed by atoms with Gasteiger partial charge in [-0.1, -0.05) is 42.1 Å². The van der Waals surface area contributed by atoms with Gasteiger partial charge in [0.1, 0.15) is 5.82 Å². The van der Waals surface area contributed by atoms with Gasteiger partial charge in [-0.05, 0) is 36.6 Å². The van der Waals surface area contributed by atoms with Crippen LogP contribution < -0.4 is 10.7 Å². The van der Waals surface area contributed by atoms with Crippen molar-refractivity contribution in [2.24, 2.45) is 0 Å². The fourth-order valence-corrected chi connectivity index (χ4v) is 3.93. The molecular weight excluding hydrogens is 365 g/mol. The molecule has 0 saturated carbocycles. The number of aryl methyl sites for hydroxylation is 1. The number of carbonyl (C=O) groups excluding carboxylic acids is 1. The fourth-order valence-electron chi connectivity index (χ4n) is 3.20. The quantitative estimate of drug-likeness (QED) is 0.554. The number of carbonyl (C=O) groups is 1. The molecule has 2 heterocycles. The van der Waals surface area contributed by atoms with Crippen molar-refractivity contribution >= 4 is 23.4 Å². The Labute approximate surface area is 160 Å². The Morgan fingerprint density at radius 2 is 1.93 bits per heavy atom. The summed E-state index contributed by atoms with van der Waals surface area (Å²) in [6.07, 6.45) is 1.92. The molecule has 1 aliphatic rings. The lowest BCUT2D eigenvalue weighted by Crippen LogP contribution is -2.36. The molecule has 27 heavy (non-hydrogen) atoms. The van der Waals surface area contributed by atoms with E-state index in [1.165, 1.54) is 28.1 Å². The van der Waals surface area contributed by atoms with Gasteiger partial charge >= 0.3 is 0 Å². The number of thioether (sulfide) groups is 1. The molecule has 1 aromatic heterocycles. The summed E-state index contributed by atoms with van der Waals surface area (Å²) < 4.78 is 15.2. The van der Waals surface area contributed by atoms with Crippen LogP contribution in [-0.2, 0) is 11.2 Å². The summed E-state index contributed by atoms with van der Waals surface area (Å²) in [6.45, 7) is 0.701. The van der Waals surface area contributed by atoms with Crippen molar-refractivity contribution in [2.45, 2.75) is 18.0 Å². The van der Waals surface area contributed by atoms with Crippen molar-refractivity contribution in [1.82, 2.24) is 14.9 Å². The van der Waals surface area contributed by atoms with Gasteiger partial charge in [-0.2, -0.15) is 0 Å². The Balaban J connectivity index is 1.49. The summed E-state index contributed by atoms with van der Waals surface area (Å²) in [4.78, 5) is 14.5. The van der Waals surface area contributed by atoms with Crippen molar-refractivity contribution in [2.75, 3.05) is 23.0 Å². The Hall–Kier alpha value is -2.87. The van der Waals surface area contributed by atoms with E-state index in [9.17, 15) is 9.18 Å². The number of benzene rings is 2. The lowest BCUT2D eigenvalue weighted by atomic mass is 10.0. The second-order valence-corrected chi connectivity index (χ2v) is 7.16. The normalized spacial score (nSPS) is 13.4. The number of para-hydroxylation sites is 1. The maximum absolute atomic E-state index is 14.0. The number of rotatable bonds is 4. The highest BCUT2D eigenvalue weighted by Gasteiger charge is 2.23. The number of anilines is 1. The molecule has 0 atom stereocenters. The number of nitrogen functional groups attached to an aromatic ring is 1. The smallest absolute Gasteiger partial charge is 0.237 e. The number of nitrogens with zero attached hydrogens (tertiary/aromatic N) is 4. The van der Waals surface area contributed by atoms with Crippen LogP contribution in [0.1, 0.15) is 12.0 Å². The van der Waals surface area contributed by atoms with E-state index in [0.717, 1.165) is 18.5 Å². The van der Waals surface area contributed by atoms with Gasteiger partial charge in [0.2, 0.25) is 11.1 Å². The van der Waals surface area contributed by atoms with Crippen molar-refractivity contribution in [1.29, 1.82) is 0 Å². The van der Waals surface area contributed by atoms with E-state index in [2.05, 4.69) is 16.3 Å². The lowest BCUT2D eigenvalue weighted by Gasteiger charge is -2.29. The first-order valence-corrected chi connectivity index (χ1v) is 9.60. The summed E-state index contributed by atoms with van der Waals surface area (Å²) in [6, 6.07) is 14.2. The van der Waals surface area contributed by atoms with Crippen LogP contribution >= 0.6 is 11.8 Å². The third kappa shape index (κ3) is 3.40. The van der Waals surface area contributed by atoms with Crippen LogP contribution in [0.5, 0.6) is 0 Å². The molecule has 0 aliphatic carbocycles. The van der Waals surface area contributed by atoms with Gasteiger partial charge in [-0.15, -0.1) is 10.2 Å². The van der Waals surface area contributed by atoms with Crippen LogP contribution in [0.2, 0.25) is 0 Å². The SMILES string of the molecule is Nn1c(SCC(=O)N2CCCc3ccccc32)nnc1-c1ccccc1F. The molecule has 3 aromatic rings. The number of amides is 1. The predicted molar refractivity (Wildman–Crippen MR) is 103 cm³/mol. The van der Waals surface area contributed by atoms with E-state index >= 15 is 0 Å². The number of aromatic nitrogens is 3. The first-order valence-electron chi connectivity index (χ1n) is 8.61. The zero-order valence-corrected chi connectivity index (χ0v) is 15.3. The van der Waals surface area contributed by atoms with Gasteiger partial charge < -0.3 is 10.7 Å². The fraction of sp³-hybridized carbons (Fsp3) is 0.211. The molecular formula is C19H18FN5OS. The summed E-state index contributed by atoms with van der Waals surface area (Å²) >= 11 is 1.20. The van der Waals surface area contributed by atoms with Gasteiger partial charge in [0.25, 0.3) is 0 Å². The Kier molecular flexibility index (Phi) is 4.81. The molecule has 138 valence electrons. The largest absolute Gasteiger partial charge is 0.335 e. The average Bonchev–Trinajstić information content (AvgIpc) is 3.06. The average molecular weight is 383 g/mol. The molecule has 0 spiro atoms. The Morgan fingerprint density at radius 1 is 1.15 bits per heavy atom. The van der Waals surface area contributed by atoms with E-state index in [1.54, 1.807) is 23.1 Å². The van der Waals surface area contributed by atoms with Gasteiger partial charge in [-0.3, -0.25) is 4.79 Å². The first kappa shape index (κ1) is 17.5. The summed E-state index contributed by atoms with van der Waals surface area (Å²) in [5.41, 5.74) is 2.43. The monoisotopic (exact) mass is 383 g/mol. The molecule has 0 saturated heterocycles. The Morgan fingerprint density at radius 3 is 2.78 bits per heavy atom. The highest BCUT2D eigenvalue weighted by molar-refractivity contribution is 7.99. The third-order valence-corrected chi connectivity index (χ3v) is 5.44. The Bertz CT molecular complexity index is 990. The molecule has 0 unspecified atom stereocenters. The van der Waals surface area contributed by atoms with Crippen molar-refractivity contribution in [3.05, 3.63) is 59.9 Å². The van der Waals surface area contributed by atoms with Crippen LogP contribution in [0, 0.1) is 5.82 Å². The van der Waals surface area contributed by atoms with Crippen LogP contribution in [0.15, 0.2) is 53.7 Å². The number of fused-ring (bicyclic) bond motifs is 1. The van der Waals surface area contributed by atoms with Crippen molar-refractivity contribution in [3.63, 3.8) is 0 Å². The molecule has 0 bridgehead atoms. The van der Waals surface area contributed by atoms with E-state index < -0.39 is 5.82 Å². The van der Waals surface area contributed by atoms with Crippen molar-refractivity contribution < 1.29 is 9.18 Å². The maximum atomic E-state index is 14.0. The topological polar surface area (TPSA) is 77.0 Å². The second kappa shape index (κ2) is 7.40. The summed E-state index contributed by atoms with van der Waals surface area (Å²) in [7, 11) is 0. The van der Waals surface area contributed by atoms with Crippen molar-refractivity contribution in [3.8, 4) is 11.4 Å². The number of halogens is 1. The lowest BCUT2D eigenvalue weighted by molar-refractivity contribution is -0.116. The van der Waals surface area contributed by atoms with E-state index in [0.29, 0.717) is 11.7 Å². The zero-order chi connectivity index (χ0) is 18.8. The maximum Gasteiger partial charge on any atom is 0.237 e. The van der Waals surface area contributed by atoms with Crippen LogP contribution in [-0.4, -0.2) is 33.1 Å². The molecule has 0 radical (unpaired) electrons. The van der Waals surface area contributed by atoms with Crippen LogP contribution in [0.25, 0.3) is 11.4 Å². The first-order chi connectivity index (χ1) is 13.1. The standard InChI is InChI=1S/C19H18FN5OS/c20-15-9-3-2-8-14(15)18-22-23-19(25(18)21)27-12-17(26)24-11-5-7-13-6-1-4-10-16(13)24/h1-4,6,8-10H,5,7,11-12,21H2. The van der Waals surface area contributed by atoms with Crippen LogP contribution in [0.4, 0.5) is 10.1 Å². The number of nitrogens with two attached hydrogens (primary N) is 1. The molecule has 1 amide bonds. The second-order valence-electron chi connectivity index (χ2n) is 6.22. The minimum atomic E-state index is -0.422. The molecule has 1 aliphatic heterocycles. The van der Waals surface area contributed by atoms with E-state index in [-0.39, 0.29) is 23.0 Å². The van der Waals surface area contributed by atoms with Gasteiger partial charge in [0.05, 0.1) is 11.3 Å². The highest BCUT2D eigenvalue weighted by atomic mass is 32.2. The zero-order valence-electron chi connectivity index (χ0n) is 14.5. The molecule has 4 rings (SSSR count). The van der Waals surface area contributed by atoms with Crippen LogP contribution in [0.3, 0.4) is 0 Å². The van der Waals surface area contributed by atoms with E-state index in [1.807, 2.05) is 18.2 Å². The molecule has 2 aromatic carbocycles. The molecule has 0 fully saturated rings. The summed E-state index contributed by atoms with van der Waals surface area (Å²) in [5.74, 6) is 6.00. The minimum Gasteiger partial charge on any atom is -0.335 e. The number of hydrogen-bond donors (Lipinski definition) is 1.